The minimum Gasteiger partial charge on any atom is -0.362 e. The van der Waals surface area contributed by atoms with Crippen molar-refractivity contribution in [3.05, 3.63) is 24.5 Å². The Morgan fingerprint density at radius 2 is 2.04 bits per heavy atom. The zero-order valence-corrected chi connectivity index (χ0v) is 15.9. The van der Waals surface area contributed by atoms with E-state index in [1.165, 1.54) is 0 Å². The monoisotopic (exact) mass is 372 g/mol. The van der Waals surface area contributed by atoms with Crippen molar-refractivity contribution >= 4 is 17.6 Å². The van der Waals surface area contributed by atoms with Gasteiger partial charge in [-0.15, -0.1) is 0 Å². The summed E-state index contributed by atoms with van der Waals surface area (Å²) in [6, 6.07) is 3.78. The van der Waals surface area contributed by atoms with Crippen LogP contribution in [0.15, 0.2) is 24.5 Å². The van der Waals surface area contributed by atoms with Gasteiger partial charge >= 0.3 is 6.03 Å². The minimum atomic E-state index is -0.437. The first-order chi connectivity index (χ1) is 13.1. The number of piperidine rings is 1. The predicted molar refractivity (Wildman–Crippen MR) is 101 cm³/mol. The summed E-state index contributed by atoms with van der Waals surface area (Å²) in [4.78, 5) is 33.2. The third-order valence-corrected chi connectivity index (χ3v) is 6.27. The number of nitrogens with zero attached hydrogens (tertiary/aromatic N) is 3. The highest BCUT2D eigenvalue weighted by atomic mass is 16.5. The largest absolute Gasteiger partial charge is 0.362 e. The van der Waals surface area contributed by atoms with Crippen LogP contribution < -0.4 is 5.32 Å². The Kier molecular flexibility index (Phi) is 5.04. The van der Waals surface area contributed by atoms with Gasteiger partial charge in [-0.2, -0.15) is 0 Å². The SMILES string of the molecule is CC1CN(C(=O)N2CCCC2)CCC12CCC(C(=O)Nc1cccnc1)O2. The molecule has 1 aromatic rings. The van der Waals surface area contributed by atoms with Crippen molar-refractivity contribution < 1.29 is 14.3 Å². The number of hydrogen-bond acceptors (Lipinski definition) is 4. The van der Waals surface area contributed by atoms with E-state index in [0.29, 0.717) is 18.8 Å². The zero-order valence-electron chi connectivity index (χ0n) is 15.9. The van der Waals surface area contributed by atoms with Crippen LogP contribution in [0.4, 0.5) is 10.5 Å². The molecule has 0 bridgehead atoms. The maximum atomic E-state index is 12.7. The summed E-state index contributed by atoms with van der Waals surface area (Å²) in [6.07, 6.45) is 7.47. The first kappa shape index (κ1) is 18.2. The van der Waals surface area contributed by atoms with Gasteiger partial charge in [-0.1, -0.05) is 6.92 Å². The third-order valence-electron chi connectivity index (χ3n) is 6.27. The van der Waals surface area contributed by atoms with E-state index < -0.39 is 6.10 Å². The van der Waals surface area contributed by atoms with Crippen molar-refractivity contribution in [1.82, 2.24) is 14.8 Å². The standard InChI is InChI=1S/C20H28N4O3/c1-15-14-24(19(26)23-10-2-3-11-23)12-8-20(15)7-6-17(27-20)18(25)22-16-5-4-9-21-13-16/h4-5,9,13,15,17H,2-3,6-8,10-12,14H2,1H3,(H,22,25). The molecule has 3 saturated heterocycles. The fraction of sp³-hybridized carbons (Fsp3) is 0.650. The molecular formula is C20H28N4O3. The Balaban J connectivity index is 1.35. The van der Waals surface area contributed by atoms with Gasteiger partial charge in [-0.05, 0) is 44.2 Å². The normalized spacial score (nSPS) is 30.7. The molecule has 3 aliphatic rings. The van der Waals surface area contributed by atoms with E-state index in [2.05, 4.69) is 17.2 Å². The molecule has 146 valence electrons. The summed E-state index contributed by atoms with van der Waals surface area (Å²) in [5.74, 6) is 0.108. The number of carbonyl (C=O) groups is 2. The fourth-order valence-corrected chi connectivity index (χ4v) is 4.61. The zero-order chi connectivity index (χ0) is 18.9. The van der Waals surface area contributed by atoms with Gasteiger partial charge in [-0.3, -0.25) is 9.78 Å². The van der Waals surface area contributed by atoms with Gasteiger partial charge in [0.25, 0.3) is 5.91 Å². The van der Waals surface area contributed by atoms with Crippen LogP contribution in [0.3, 0.4) is 0 Å². The van der Waals surface area contributed by atoms with E-state index >= 15 is 0 Å². The molecule has 3 unspecified atom stereocenters. The van der Waals surface area contributed by atoms with Crippen LogP contribution in [0, 0.1) is 5.92 Å². The molecule has 1 N–H and O–H groups in total. The van der Waals surface area contributed by atoms with Crippen LogP contribution >= 0.6 is 0 Å². The summed E-state index contributed by atoms with van der Waals surface area (Å²) in [7, 11) is 0. The Hall–Kier alpha value is -2.15. The van der Waals surface area contributed by atoms with Crippen molar-refractivity contribution in [3.63, 3.8) is 0 Å². The number of anilines is 1. The number of hydrogen-bond donors (Lipinski definition) is 1. The summed E-state index contributed by atoms with van der Waals surface area (Å²) in [5, 5.41) is 2.89. The summed E-state index contributed by atoms with van der Waals surface area (Å²) in [5.41, 5.74) is 0.393. The quantitative estimate of drug-likeness (QED) is 0.866. The Bertz CT molecular complexity index is 692. The lowest BCUT2D eigenvalue weighted by Crippen LogP contribution is -2.55. The number of nitrogens with one attached hydrogen (secondary N) is 1. The Morgan fingerprint density at radius 3 is 2.74 bits per heavy atom. The third kappa shape index (κ3) is 3.65. The second-order valence-corrected chi connectivity index (χ2v) is 8.01. The van der Waals surface area contributed by atoms with Crippen molar-refractivity contribution in [2.45, 2.75) is 50.7 Å². The molecule has 7 heteroatoms. The number of amides is 3. The lowest BCUT2D eigenvalue weighted by Gasteiger charge is -2.44. The average Bonchev–Trinajstić information content (AvgIpc) is 3.35. The molecule has 1 spiro atoms. The van der Waals surface area contributed by atoms with Crippen molar-refractivity contribution in [2.75, 3.05) is 31.5 Å². The number of aromatic nitrogens is 1. The molecular weight excluding hydrogens is 344 g/mol. The summed E-state index contributed by atoms with van der Waals surface area (Å²) >= 11 is 0. The minimum absolute atomic E-state index is 0.109. The number of rotatable bonds is 2. The second kappa shape index (κ2) is 7.46. The first-order valence-corrected chi connectivity index (χ1v) is 10.00. The van der Waals surface area contributed by atoms with E-state index in [-0.39, 0.29) is 23.5 Å². The molecule has 27 heavy (non-hydrogen) atoms. The number of carbonyl (C=O) groups excluding carboxylic acids is 2. The highest BCUT2D eigenvalue weighted by molar-refractivity contribution is 5.94. The molecule has 3 amide bonds. The molecule has 0 aliphatic carbocycles. The topological polar surface area (TPSA) is 74.8 Å². The average molecular weight is 372 g/mol. The molecule has 0 aromatic carbocycles. The molecule has 4 heterocycles. The number of pyridine rings is 1. The van der Waals surface area contributed by atoms with E-state index in [1.807, 2.05) is 15.9 Å². The van der Waals surface area contributed by atoms with Gasteiger partial charge in [0.15, 0.2) is 0 Å². The van der Waals surface area contributed by atoms with Gasteiger partial charge in [0.2, 0.25) is 0 Å². The van der Waals surface area contributed by atoms with Gasteiger partial charge in [0, 0.05) is 38.3 Å². The molecule has 0 saturated carbocycles. The maximum absolute atomic E-state index is 12.7. The van der Waals surface area contributed by atoms with Gasteiger partial charge < -0.3 is 19.9 Å². The van der Waals surface area contributed by atoms with E-state index in [4.69, 9.17) is 4.74 Å². The van der Waals surface area contributed by atoms with E-state index in [9.17, 15) is 9.59 Å². The van der Waals surface area contributed by atoms with E-state index in [0.717, 1.165) is 45.2 Å². The lowest BCUT2D eigenvalue weighted by atomic mass is 9.80. The molecule has 1 aromatic heterocycles. The van der Waals surface area contributed by atoms with Crippen LogP contribution in [0.25, 0.3) is 0 Å². The first-order valence-electron chi connectivity index (χ1n) is 10.00. The number of likely N-dealkylation sites (tertiary alicyclic amines) is 2. The molecule has 3 fully saturated rings. The smallest absolute Gasteiger partial charge is 0.320 e. The summed E-state index contributed by atoms with van der Waals surface area (Å²) < 4.78 is 6.31. The highest BCUT2D eigenvalue weighted by Gasteiger charge is 2.49. The van der Waals surface area contributed by atoms with Crippen LogP contribution in [-0.2, 0) is 9.53 Å². The van der Waals surface area contributed by atoms with Crippen molar-refractivity contribution in [1.29, 1.82) is 0 Å². The predicted octanol–water partition coefficient (Wildman–Crippen LogP) is 2.50. The van der Waals surface area contributed by atoms with Crippen molar-refractivity contribution in [3.8, 4) is 0 Å². The van der Waals surface area contributed by atoms with Gasteiger partial charge in [0.05, 0.1) is 17.5 Å². The van der Waals surface area contributed by atoms with Crippen molar-refractivity contribution in [2.24, 2.45) is 5.92 Å². The van der Waals surface area contributed by atoms with Crippen LogP contribution in [0.5, 0.6) is 0 Å². The summed E-state index contributed by atoms with van der Waals surface area (Å²) in [6.45, 7) is 5.30. The second-order valence-electron chi connectivity index (χ2n) is 8.01. The van der Waals surface area contributed by atoms with Crippen LogP contribution in [-0.4, -0.2) is 64.6 Å². The molecule has 0 radical (unpaired) electrons. The molecule has 3 atom stereocenters. The van der Waals surface area contributed by atoms with E-state index in [1.54, 1.807) is 18.5 Å². The number of urea groups is 1. The highest BCUT2D eigenvalue weighted by Crippen LogP contribution is 2.42. The Morgan fingerprint density at radius 1 is 1.22 bits per heavy atom. The van der Waals surface area contributed by atoms with Crippen LogP contribution in [0.2, 0.25) is 0 Å². The number of ether oxygens (including phenoxy) is 1. The maximum Gasteiger partial charge on any atom is 0.320 e. The fourth-order valence-electron chi connectivity index (χ4n) is 4.61. The van der Waals surface area contributed by atoms with Crippen LogP contribution in [0.1, 0.15) is 39.0 Å². The van der Waals surface area contributed by atoms with Gasteiger partial charge in [-0.25, -0.2) is 4.79 Å². The lowest BCUT2D eigenvalue weighted by molar-refractivity contribution is -0.141. The molecule has 4 rings (SSSR count). The Labute approximate surface area is 160 Å². The van der Waals surface area contributed by atoms with Gasteiger partial charge in [0.1, 0.15) is 6.10 Å². The molecule has 3 aliphatic heterocycles. The molecule has 7 nitrogen and oxygen atoms in total.